The van der Waals surface area contributed by atoms with E-state index >= 15 is 0 Å². The first-order chi connectivity index (χ1) is 7.36. The Hall–Kier alpha value is -0.970. The van der Waals surface area contributed by atoms with Gasteiger partial charge < -0.3 is 4.74 Å². The molecular formula is C10H12O4S. The molecule has 1 aromatic carbocycles. The van der Waals surface area contributed by atoms with Gasteiger partial charge in [0, 0.05) is 0 Å². The third kappa shape index (κ3) is 6.17. The topological polar surface area (TPSA) is 58.6 Å². The van der Waals surface area contributed by atoms with E-state index in [1.165, 1.54) is 0 Å². The first-order valence-electron chi connectivity index (χ1n) is 4.04. The summed E-state index contributed by atoms with van der Waals surface area (Å²) in [6.45, 7) is 4.71. The summed E-state index contributed by atoms with van der Waals surface area (Å²) in [6, 6.07) is 7.41. The van der Waals surface area contributed by atoms with E-state index in [-0.39, 0.29) is 6.61 Å². The van der Waals surface area contributed by atoms with Crippen LogP contribution in [0, 0.1) is 6.65 Å². The second kappa shape index (κ2) is 9.58. The molecule has 4 nitrogen and oxygen atoms in total. The molecule has 0 saturated heterocycles. The monoisotopic (exact) mass is 228 g/mol. The zero-order valence-electron chi connectivity index (χ0n) is 8.30. The van der Waals surface area contributed by atoms with Gasteiger partial charge in [-0.25, -0.2) is 4.89 Å². The Balaban J connectivity index is 0.000000921. The standard InChI is InChI=1S/C9H12O3S.CO/c1-13-7-11-9-4-2-8(3-5-9)6-12-10;1-2/h2-5,10H,6-7H2,1H3;. The van der Waals surface area contributed by atoms with E-state index < -0.39 is 0 Å². The van der Waals surface area contributed by atoms with E-state index in [9.17, 15) is 0 Å². The summed E-state index contributed by atoms with van der Waals surface area (Å²) in [4.78, 5) is 4.00. The predicted octanol–water partition coefficient (Wildman–Crippen LogP) is 2.34. The molecular weight excluding hydrogens is 216 g/mol. The van der Waals surface area contributed by atoms with Crippen molar-refractivity contribution in [3.8, 4) is 5.75 Å². The summed E-state index contributed by atoms with van der Waals surface area (Å²) < 4.78 is 12.8. The van der Waals surface area contributed by atoms with Gasteiger partial charge in [-0.2, -0.15) is 0 Å². The molecule has 0 fully saturated rings. The summed E-state index contributed by atoms with van der Waals surface area (Å²) in [5, 5.41) is 8.20. The Morgan fingerprint density at radius 1 is 1.33 bits per heavy atom. The molecule has 15 heavy (non-hydrogen) atoms. The molecule has 82 valence electrons. The van der Waals surface area contributed by atoms with E-state index in [4.69, 9.17) is 14.6 Å². The molecule has 0 aliphatic carbocycles. The second-order valence-corrected chi connectivity index (χ2v) is 3.28. The van der Waals surface area contributed by atoms with Crippen LogP contribution in [0.15, 0.2) is 24.3 Å². The minimum absolute atomic E-state index is 0.211. The van der Waals surface area contributed by atoms with E-state index in [1.54, 1.807) is 11.8 Å². The van der Waals surface area contributed by atoms with Crippen molar-refractivity contribution in [3.63, 3.8) is 0 Å². The van der Waals surface area contributed by atoms with Gasteiger partial charge >= 0.3 is 11.3 Å². The number of benzene rings is 1. The van der Waals surface area contributed by atoms with Crippen molar-refractivity contribution in [2.24, 2.45) is 0 Å². The molecule has 0 saturated carbocycles. The van der Waals surface area contributed by atoms with Crippen molar-refractivity contribution in [3.05, 3.63) is 36.5 Å². The molecule has 0 atom stereocenters. The predicted molar refractivity (Wildman–Crippen MR) is 56.8 cm³/mol. The fourth-order valence-electron chi connectivity index (χ4n) is 0.883. The number of hydrogen-bond donors (Lipinski definition) is 1. The number of rotatable bonds is 5. The molecule has 0 spiro atoms. The van der Waals surface area contributed by atoms with Crippen LogP contribution >= 0.6 is 11.8 Å². The SMILES string of the molecule is CSCOc1ccc(COO)cc1.[C-]#[O+]. The van der Waals surface area contributed by atoms with E-state index in [0.717, 1.165) is 11.3 Å². The summed E-state index contributed by atoms with van der Waals surface area (Å²) in [5.74, 6) is 1.48. The van der Waals surface area contributed by atoms with Crippen molar-refractivity contribution >= 4 is 11.8 Å². The van der Waals surface area contributed by atoms with Crippen LogP contribution in [0.3, 0.4) is 0 Å². The summed E-state index contributed by atoms with van der Waals surface area (Å²) >= 11 is 1.62. The first kappa shape index (κ1) is 14.0. The Bertz CT molecular complexity index is 271. The third-order valence-electron chi connectivity index (χ3n) is 1.50. The van der Waals surface area contributed by atoms with E-state index in [2.05, 4.69) is 11.5 Å². The van der Waals surface area contributed by atoms with E-state index in [1.807, 2.05) is 30.5 Å². The average molecular weight is 228 g/mol. The number of hydrogen-bond acceptors (Lipinski definition) is 4. The summed E-state index contributed by atoms with van der Waals surface area (Å²) in [6.07, 6.45) is 1.98. The molecule has 1 N–H and O–H groups in total. The van der Waals surface area contributed by atoms with Crippen molar-refractivity contribution in [1.82, 2.24) is 0 Å². The van der Waals surface area contributed by atoms with Crippen molar-refractivity contribution in [2.75, 3.05) is 12.2 Å². The summed E-state index contributed by atoms with van der Waals surface area (Å²) in [7, 11) is 0. The molecule has 0 aliphatic rings. The third-order valence-corrected chi connectivity index (χ3v) is 1.85. The van der Waals surface area contributed by atoms with Crippen LogP contribution in [0.2, 0.25) is 0 Å². The van der Waals surface area contributed by atoms with Crippen LogP contribution in [0.5, 0.6) is 5.75 Å². The van der Waals surface area contributed by atoms with Gasteiger partial charge in [0.15, 0.2) is 0 Å². The van der Waals surface area contributed by atoms with Gasteiger partial charge in [-0.05, 0) is 24.0 Å². The van der Waals surface area contributed by atoms with Crippen LogP contribution in [0.1, 0.15) is 5.56 Å². The molecule has 5 heteroatoms. The zero-order valence-corrected chi connectivity index (χ0v) is 9.12. The maximum atomic E-state index is 8.20. The fraction of sp³-hybridized carbons (Fsp3) is 0.300. The van der Waals surface area contributed by atoms with Gasteiger partial charge in [-0.15, -0.1) is 11.8 Å². The zero-order chi connectivity index (χ0) is 11.5. The van der Waals surface area contributed by atoms with Crippen LogP contribution in [-0.2, 0) is 16.1 Å². The molecule has 1 aromatic rings. The molecule has 0 amide bonds. The van der Waals surface area contributed by atoms with Gasteiger partial charge in [0.25, 0.3) is 0 Å². The maximum absolute atomic E-state index is 8.20. The quantitative estimate of drug-likeness (QED) is 0.276. The number of ether oxygens (including phenoxy) is 1. The van der Waals surface area contributed by atoms with Gasteiger partial charge in [-0.1, -0.05) is 12.1 Å². The van der Waals surface area contributed by atoms with E-state index in [0.29, 0.717) is 5.94 Å². The molecule has 0 aromatic heterocycles. The Kier molecular flexibility index (Phi) is 8.96. The molecule has 1 rings (SSSR count). The van der Waals surface area contributed by atoms with Gasteiger partial charge in [0.05, 0.1) is 0 Å². The normalized spacial score (nSPS) is 8.80. The fourth-order valence-corrected chi connectivity index (χ4v) is 1.14. The number of thioether (sulfide) groups is 1. The van der Waals surface area contributed by atoms with Gasteiger partial charge in [0.2, 0.25) is 0 Å². The second-order valence-electron chi connectivity index (χ2n) is 2.47. The molecule has 0 unspecified atom stereocenters. The van der Waals surface area contributed by atoms with Crippen LogP contribution < -0.4 is 4.74 Å². The van der Waals surface area contributed by atoms with Crippen LogP contribution in [0.4, 0.5) is 0 Å². The molecule has 0 aliphatic heterocycles. The molecule has 0 radical (unpaired) electrons. The Morgan fingerprint density at radius 3 is 2.40 bits per heavy atom. The molecule has 0 bridgehead atoms. The Labute approximate surface area is 92.9 Å². The minimum atomic E-state index is 0.211. The van der Waals surface area contributed by atoms with Crippen LogP contribution in [-0.4, -0.2) is 17.5 Å². The first-order valence-corrected chi connectivity index (χ1v) is 5.43. The van der Waals surface area contributed by atoms with Gasteiger partial charge in [-0.3, -0.25) is 5.26 Å². The van der Waals surface area contributed by atoms with Gasteiger partial charge in [0.1, 0.15) is 18.3 Å². The summed E-state index contributed by atoms with van der Waals surface area (Å²) in [5.41, 5.74) is 0.916. The molecule has 0 heterocycles. The average Bonchev–Trinajstić information content (AvgIpc) is 2.31. The Morgan fingerprint density at radius 2 is 1.93 bits per heavy atom. The van der Waals surface area contributed by atoms with Crippen molar-refractivity contribution in [1.29, 1.82) is 0 Å². The van der Waals surface area contributed by atoms with Crippen LogP contribution in [0.25, 0.3) is 0 Å². The van der Waals surface area contributed by atoms with Crippen molar-refractivity contribution < 1.29 is 19.5 Å². The van der Waals surface area contributed by atoms with Crippen molar-refractivity contribution in [2.45, 2.75) is 6.61 Å².